The molecule has 0 aliphatic rings. The zero-order valence-electron chi connectivity index (χ0n) is 10.0. The van der Waals surface area contributed by atoms with Crippen molar-refractivity contribution in [1.82, 2.24) is 15.1 Å². The average molecular weight is 276 g/mol. The van der Waals surface area contributed by atoms with Crippen LogP contribution in [-0.2, 0) is 0 Å². The molecule has 2 aromatic heterocycles. The van der Waals surface area contributed by atoms with Crippen LogP contribution in [-0.4, -0.2) is 15.1 Å². The third-order valence-electron chi connectivity index (χ3n) is 2.69. The summed E-state index contributed by atoms with van der Waals surface area (Å²) in [5.41, 5.74) is 8.15. The van der Waals surface area contributed by atoms with E-state index >= 15 is 0 Å². The van der Waals surface area contributed by atoms with Crippen molar-refractivity contribution in [3.05, 3.63) is 35.2 Å². The first-order valence-corrected chi connectivity index (χ1v) is 5.92. The summed E-state index contributed by atoms with van der Waals surface area (Å²) < 4.78 is 5.08. The highest BCUT2D eigenvalue weighted by molar-refractivity contribution is 6.33. The molecular weight excluding hydrogens is 266 g/mol. The zero-order chi connectivity index (χ0) is 13.4. The van der Waals surface area contributed by atoms with Gasteiger partial charge in [-0.1, -0.05) is 16.8 Å². The molecule has 0 saturated heterocycles. The molecule has 0 fully saturated rings. The fraction of sp³-hybridized carbons (Fsp3) is 0.0833. The standard InChI is InChI=1S/C12H10ClN5O/c1-6-10-11(15-5-16-12(10)19-18-6)17-9-4-7(14)2-3-8(9)13/h2-5H,14H2,1H3,(H,15,16,17). The second-order valence-corrected chi connectivity index (χ2v) is 4.44. The van der Waals surface area contributed by atoms with Crippen LogP contribution in [0.4, 0.5) is 17.2 Å². The van der Waals surface area contributed by atoms with Gasteiger partial charge in [0.05, 0.1) is 16.4 Å². The van der Waals surface area contributed by atoms with Crippen molar-refractivity contribution >= 4 is 39.9 Å². The molecule has 0 amide bonds. The highest BCUT2D eigenvalue weighted by Crippen LogP contribution is 2.30. The SMILES string of the molecule is Cc1noc2ncnc(Nc3cc(N)ccc3Cl)c12. The summed E-state index contributed by atoms with van der Waals surface area (Å²) >= 11 is 6.11. The minimum Gasteiger partial charge on any atom is -0.399 e. The molecule has 19 heavy (non-hydrogen) atoms. The van der Waals surface area contributed by atoms with E-state index in [9.17, 15) is 0 Å². The first-order valence-electron chi connectivity index (χ1n) is 5.54. The molecule has 0 unspecified atom stereocenters. The van der Waals surface area contributed by atoms with Gasteiger partial charge in [0, 0.05) is 5.69 Å². The number of nitrogens with zero attached hydrogens (tertiary/aromatic N) is 3. The number of nitrogens with one attached hydrogen (secondary N) is 1. The molecule has 0 aliphatic heterocycles. The Balaban J connectivity index is 2.10. The van der Waals surface area contributed by atoms with Crippen molar-refractivity contribution in [3.8, 4) is 0 Å². The molecule has 2 heterocycles. The Labute approximate surface area is 113 Å². The second kappa shape index (κ2) is 4.40. The number of aromatic nitrogens is 3. The molecule has 1 aromatic carbocycles. The maximum atomic E-state index is 6.11. The van der Waals surface area contributed by atoms with Gasteiger partial charge in [0.2, 0.25) is 0 Å². The highest BCUT2D eigenvalue weighted by Gasteiger charge is 2.13. The number of anilines is 3. The van der Waals surface area contributed by atoms with E-state index in [0.29, 0.717) is 33.6 Å². The van der Waals surface area contributed by atoms with Crippen LogP contribution in [0, 0.1) is 6.92 Å². The maximum Gasteiger partial charge on any atom is 0.263 e. The van der Waals surface area contributed by atoms with E-state index in [2.05, 4.69) is 20.4 Å². The number of hydrogen-bond acceptors (Lipinski definition) is 6. The fourth-order valence-electron chi connectivity index (χ4n) is 1.78. The van der Waals surface area contributed by atoms with Crippen LogP contribution < -0.4 is 11.1 Å². The van der Waals surface area contributed by atoms with E-state index < -0.39 is 0 Å². The summed E-state index contributed by atoms with van der Waals surface area (Å²) in [5.74, 6) is 0.580. The maximum absolute atomic E-state index is 6.11. The van der Waals surface area contributed by atoms with Gasteiger partial charge in [0.25, 0.3) is 5.71 Å². The van der Waals surface area contributed by atoms with Crippen molar-refractivity contribution in [2.45, 2.75) is 6.92 Å². The summed E-state index contributed by atoms with van der Waals surface area (Å²) in [6.07, 6.45) is 1.40. The number of nitrogen functional groups attached to an aromatic ring is 1. The lowest BCUT2D eigenvalue weighted by Crippen LogP contribution is -1.97. The molecule has 0 radical (unpaired) electrons. The van der Waals surface area contributed by atoms with Gasteiger partial charge in [-0.05, 0) is 25.1 Å². The van der Waals surface area contributed by atoms with Crippen molar-refractivity contribution in [1.29, 1.82) is 0 Å². The van der Waals surface area contributed by atoms with Crippen LogP contribution in [0.25, 0.3) is 11.1 Å². The molecule has 0 saturated carbocycles. The molecule has 3 aromatic rings. The van der Waals surface area contributed by atoms with Gasteiger partial charge < -0.3 is 15.6 Å². The fourth-order valence-corrected chi connectivity index (χ4v) is 1.95. The van der Waals surface area contributed by atoms with Crippen molar-refractivity contribution in [2.75, 3.05) is 11.1 Å². The summed E-state index contributed by atoms with van der Waals surface area (Å²) in [4.78, 5) is 8.19. The first-order chi connectivity index (χ1) is 9.15. The normalized spacial score (nSPS) is 10.8. The molecule has 7 heteroatoms. The molecule has 6 nitrogen and oxygen atoms in total. The molecular formula is C12H10ClN5O. The third-order valence-corrected chi connectivity index (χ3v) is 3.02. The molecule has 0 aliphatic carbocycles. The van der Waals surface area contributed by atoms with Gasteiger partial charge in [-0.2, -0.15) is 4.98 Å². The van der Waals surface area contributed by atoms with E-state index in [1.54, 1.807) is 18.2 Å². The van der Waals surface area contributed by atoms with Crippen LogP contribution in [0.1, 0.15) is 5.69 Å². The summed E-state index contributed by atoms with van der Waals surface area (Å²) in [5, 5.41) is 8.26. The summed E-state index contributed by atoms with van der Waals surface area (Å²) in [6, 6.07) is 5.19. The van der Waals surface area contributed by atoms with Crippen molar-refractivity contribution in [3.63, 3.8) is 0 Å². The Morgan fingerprint density at radius 3 is 3.00 bits per heavy atom. The van der Waals surface area contributed by atoms with Crippen molar-refractivity contribution < 1.29 is 4.52 Å². The molecule has 3 rings (SSSR count). The lowest BCUT2D eigenvalue weighted by atomic mass is 10.2. The lowest BCUT2D eigenvalue weighted by Gasteiger charge is -2.08. The minimum absolute atomic E-state index is 0.426. The number of aryl methyl sites for hydroxylation is 1. The van der Waals surface area contributed by atoms with Gasteiger partial charge in [-0.3, -0.25) is 0 Å². The van der Waals surface area contributed by atoms with E-state index in [0.717, 1.165) is 5.39 Å². The summed E-state index contributed by atoms with van der Waals surface area (Å²) in [7, 11) is 0. The number of hydrogen-bond donors (Lipinski definition) is 2. The number of halogens is 1. The van der Waals surface area contributed by atoms with Crippen LogP contribution in [0.15, 0.2) is 29.0 Å². The van der Waals surface area contributed by atoms with Gasteiger partial charge >= 0.3 is 0 Å². The van der Waals surface area contributed by atoms with Gasteiger partial charge in [-0.25, -0.2) is 4.98 Å². The van der Waals surface area contributed by atoms with Gasteiger partial charge in [0.15, 0.2) is 0 Å². The van der Waals surface area contributed by atoms with E-state index in [1.165, 1.54) is 6.33 Å². The molecule has 0 spiro atoms. The Morgan fingerprint density at radius 1 is 1.32 bits per heavy atom. The van der Waals surface area contributed by atoms with Crippen LogP contribution in [0.5, 0.6) is 0 Å². The van der Waals surface area contributed by atoms with E-state index in [-0.39, 0.29) is 0 Å². The Bertz CT molecular complexity index is 755. The Morgan fingerprint density at radius 2 is 2.16 bits per heavy atom. The van der Waals surface area contributed by atoms with Crippen molar-refractivity contribution in [2.24, 2.45) is 0 Å². The molecule has 96 valence electrons. The number of fused-ring (bicyclic) bond motifs is 1. The number of rotatable bonds is 2. The first kappa shape index (κ1) is 11.7. The minimum atomic E-state index is 0.426. The highest BCUT2D eigenvalue weighted by atomic mass is 35.5. The van der Waals surface area contributed by atoms with E-state index in [1.807, 2.05) is 6.92 Å². The van der Waals surface area contributed by atoms with Gasteiger partial charge in [0.1, 0.15) is 17.5 Å². The lowest BCUT2D eigenvalue weighted by molar-refractivity contribution is 0.442. The largest absolute Gasteiger partial charge is 0.399 e. The monoisotopic (exact) mass is 275 g/mol. The predicted molar refractivity (Wildman–Crippen MR) is 73.5 cm³/mol. The van der Waals surface area contributed by atoms with Gasteiger partial charge in [-0.15, -0.1) is 0 Å². The zero-order valence-corrected chi connectivity index (χ0v) is 10.8. The van der Waals surface area contributed by atoms with Crippen LogP contribution >= 0.6 is 11.6 Å². The van der Waals surface area contributed by atoms with Crippen LogP contribution in [0.3, 0.4) is 0 Å². The van der Waals surface area contributed by atoms with Crippen LogP contribution in [0.2, 0.25) is 5.02 Å². The predicted octanol–water partition coefficient (Wildman–Crippen LogP) is 2.91. The molecule has 0 atom stereocenters. The molecule has 3 N–H and O–H groups in total. The topological polar surface area (TPSA) is 89.9 Å². The molecule has 0 bridgehead atoms. The quantitative estimate of drug-likeness (QED) is 0.699. The number of benzene rings is 1. The Kier molecular flexibility index (Phi) is 2.72. The third kappa shape index (κ3) is 2.06. The average Bonchev–Trinajstić information content (AvgIpc) is 2.77. The Hall–Kier alpha value is -2.34. The smallest absolute Gasteiger partial charge is 0.263 e. The number of nitrogens with two attached hydrogens (primary N) is 1. The van der Waals surface area contributed by atoms with E-state index in [4.69, 9.17) is 21.9 Å². The summed E-state index contributed by atoms with van der Waals surface area (Å²) in [6.45, 7) is 1.82. The second-order valence-electron chi connectivity index (χ2n) is 4.03.